The van der Waals surface area contributed by atoms with Gasteiger partial charge in [-0.2, -0.15) is 0 Å². The third-order valence-corrected chi connectivity index (χ3v) is 2.61. The quantitative estimate of drug-likeness (QED) is 0.628. The van der Waals surface area contributed by atoms with Gasteiger partial charge in [-0.05, 0) is 24.3 Å². The molecule has 102 valence electrons. The first kappa shape index (κ1) is 13.8. The van der Waals surface area contributed by atoms with Crippen molar-refractivity contribution in [3.8, 4) is 11.5 Å². The molecule has 0 saturated carbocycles. The Morgan fingerprint density at radius 2 is 1.75 bits per heavy atom. The van der Waals surface area contributed by atoms with Crippen LogP contribution in [0.5, 0.6) is 11.5 Å². The Balaban J connectivity index is 2.41. The summed E-state index contributed by atoms with van der Waals surface area (Å²) in [7, 11) is 0. The Morgan fingerprint density at radius 3 is 2.35 bits per heavy atom. The number of nitro benzene ring substituents is 2. The van der Waals surface area contributed by atoms with Crippen LogP contribution in [0.1, 0.15) is 0 Å². The Kier molecular flexibility index (Phi) is 3.81. The highest BCUT2D eigenvalue weighted by Gasteiger charge is 2.21. The fourth-order valence-electron chi connectivity index (χ4n) is 1.51. The van der Waals surface area contributed by atoms with Crippen LogP contribution < -0.4 is 4.74 Å². The minimum atomic E-state index is -0.743. The maximum absolute atomic E-state index is 10.9. The highest BCUT2D eigenvalue weighted by atomic mass is 35.5. The van der Waals surface area contributed by atoms with E-state index in [4.69, 9.17) is 16.3 Å². The molecule has 0 aliphatic rings. The van der Waals surface area contributed by atoms with E-state index in [2.05, 4.69) is 0 Å². The number of nitrogens with zero attached hydrogens (tertiary/aromatic N) is 2. The maximum atomic E-state index is 10.9. The first-order chi connectivity index (χ1) is 9.47. The fraction of sp³-hybridized carbons (Fsp3) is 0. The number of hydrogen-bond acceptors (Lipinski definition) is 5. The molecule has 20 heavy (non-hydrogen) atoms. The number of hydrogen-bond donors (Lipinski definition) is 0. The van der Waals surface area contributed by atoms with Crippen LogP contribution in [-0.4, -0.2) is 9.85 Å². The van der Waals surface area contributed by atoms with Gasteiger partial charge >= 0.3 is 5.69 Å². The van der Waals surface area contributed by atoms with Crippen molar-refractivity contribution in [2.45, 2.75) is 0 Å². The summed E-state index contributed by atoms with van der Waals surface area (Å²) in [5, 5.41) is 22.0. The minimum Gasteiger partial charge on any atom is -0.450 e. The highest BCUT2D eigenvalue weighted by molar-refractivity contribution is 6.30. The first-order valence-corrected chi connectivity index (χ1v) is 5.71. The van der Waals surface area contributed by atoms with Gasteiger partial charge in [0.05, 0.1) is 15.9 Å². The molecule has 0 atom stereocenters. The molecule has 2 aromatic carbocycles. The van der Waals surface area contributed by atoms with Crippen LogP contribution in [0.25, 0.3) is 0 Å². The number of ether oxygens (including phenoxy) is 1. The second kappa shape index (κ2) is 5.54. The van der Waals surface area contributed by atoms with Gasteiger partial charge in [-0.15, -0.1) is 0 Å². The van der Waals surface area contributed by atoms with E-state index in [0.29, 0.717) is 10.8 Å². The van der Waals surface area contributed by atoms with Gasteiger partial charge in [0.2, 0.25) is 5.75 Å². The van der Waals surface area contributed by atoms with Gasteiger partial charge < -0.3 is 4.74 Å². The molecule has 0 N–H and O–H groups in total. The van der Waals surface area contributed by atoms with Crippen molar-refractivity contribution in [2.24, 2.45) is 0 Å². The summed E-state index contributed by atoms with van der Waals surface area (Å²) in [5.74, 6) is 0.206. The van der Waals surface area contributed by atoms with E-state index in [1.54, 1.807) is 18.2 Å². The van der Waals surface area contributed by atoms with Crippen molar-refractivity contribution < 1.29 is 14.6 Å². The summed E-state index contributed by atoms with van der Waals surface area (Å²) in [6.45, 7) is 0. The van der Waals surface area contributed by atoms with E-state index >= 15 is 0 Å². The zero-order valence-corrected chi connectivity index (χ0v) is 10.6. The van der Waals surface area contributed by atoms with Gasteiger partial charge in [-0.3, -0.25) is 20.2 Å². The molecule has 2 rings (SSSR count). The molecule has 0 radical (unpaired) electrons. The van der Waals surface area contributed by atoms with E-state index in [-0.39, 0.29) is 11.4 Å². The van der Waals surface area contributed by atoms with Gasteiger partial charge in [0.1, 0.15) is 5.75 Å². The normalized spacial score (nSPS) is 10.1. The Morgan fingerprint density at radius 1 is 1.00 bits per heavy atom. The molecule has 2 aromatic rings. The summed E-state index contributed by atoms with van der Waals surface area (Å²) in [6.07, 6.45) is 0. The molecule has 0 aliphatic carbocycles. The van der Waals surface area contributed by atoms with Crippen molar-refractivity contribution in [3.63, 3.8) is 0 Å². The lowest BCUT2D eigenvalue weighted by Gasteiger charge is -2.06. The second-order valence-corrected chi connectivity index (χ2v) is 4.16. The van der Waals surface area contributed by atoms with Crippen LogP contribution in [0.3, 0.4) is 0 Å². The van der Waals surface area contributed by atoms with E-state index < -0.39 is 15.5 Å². The lowest BCUT2D eigenvalue weighted by molar-refractivity contribution is -0.394. The molecule has 8 heteroatoms. The van der Waals surface area contributed by atoms with Gasteiger partial charge in [-0.25, -0.2) is 0 Å². The maximum Gasteiger partial charge on any atom is 0.318 e. The standard InChI is InChI=1S/C12H7ClN2O5/c13-8-2-1-3-10(6-8)20-12-5-4-9(14(16)17)7-11(12)15(18)19/h1-7H. The smallest absolute Gasteiger partial charge is 0.318 e. The number of rotatable bonds is 4. The van der Waals surface area contributed by atoms with Gasteiger partial charge in [-0.1, -0.05) is 17.7 Å². The highest BCUT2D eigenvalue weighted by Crippen LogP contribution is 2.34. The lowest BCUT2D eigenvalue weighted by Crippen LogP contribution is -1.96. The van der Waals surface area contributed by atoms with Gasteiger partial charge in [0.15, 0.2) is 0 Å². The Bertz CT molecular complexity index is 689. The molecule has 0 saturated heterocycles. The largest absolute Gasteiger partial charge is 0.450 e. The van der Waals surface area contributed by atoms with Gasteiger partial charge in [0.25, 0.3) is 5.69 Å². The molecule has 0 unspecified atom stereocenters. The summed E-state index contributed by atoms with van der Waals surface area (Å²) in [4.78, 5) is 20.1. The van der Waals surface area contributed by atoms with Crippen LogP contribution in [0.15, 0.2) is 42.5 Å². The molecular formula is C12H7ClN2O5. The zero-order chi connectivity index (χ0) is 14.7. The summed E-state index contributed by atoms with van der Waals surface area (Å²) in [5.41, 5.74) is -0.866. The van der Waals surface area contributed by atoms with Crippen LogP contribution in [0.2, 0.25) is 5.02 Å². The van der Waals surface area contributed by atoms with E-state index in [9.17, 15) is 20.2 Å². The van der Waals surface area contributed by atoms with Crippen molar-refractivity contribution in [1.29, 1.82) is 0 Å². The predicted octanol–water partition coefficient (Wildman–Crippen LogP) is 3.95. The van der Waals surface area contributed by atoms with Crippen molar-refractivity contribution >= 4 is 23.0 Å². The van der Waals surface area contributed by atoms with Gasteiger partial charge in [0, 0.05) is 11.1 Å². The minimum absolute atomic E-state index is 0.0946. The molecule has 0 amide bonds. The zero-order valence-electron chi connectivity index (χ0n) is 9.86. The van der Waals surface area contributed by atoms with Crippen LogP contribution in [0, 0.1) is 20.2 Å². The SMILES string of the molecule is O=[N+]([O-])c1ccc(Oc2cccc(Cl)c2)c([N+](=O)[O-])c1. The molecule has 0 aliphatic heterocycles. The van der Waals surface area contributed by atoms with Crippen LogP contribution in [0.4, 0.5) is 11.4 Å². The first-order valence-electron chi connectivity index (χ1n) is 5.33. The Labute approximate surface area is 117 Å². The predicted molar refractivity (Wildman–Crippen MR) is 71.3 cm³/mol. The van der Waals surface area contributed by atoms with E-state index in [0.717, 1.165) is 12.1 Å². The molecule has 0 bridgehead atoms. The molecule has 0 heterocycles. The molecule has 7 nitrogen and oxygen atoms in total. The third-order valence-electron chi connectivity index (χ3n) is 2.37. The average molecular weight is 295 g/mol. The number of non-ortho nitro benzene ring substituents is 1. The molecule has 0 spiro atoms. The van der Waals surface area contributed by atoms with Crippen molar-refractivity contribution in [1.82, 2.24) is 0 Å². The van der Waals surface area contributed by atoms with Crippen LogP contribution >= 0.6 is 11.6 Å². The lowest BCUT2D eigenvalue weighted by atomic mass is 10.2. The summed E-state index contributed by atoms with van der Waals surface area (Å²) in [6, 6.07) is 9.45. The number of halogens is 1. The van der Waals surface area contributed by atoms with E-state index in [1.165, 1.54) is 12.1 Å². The fourth-order valence-corrected chi connectivity index (χ4v) is 1.69. The summed E-state index contributed by atoms with van der Waals surface area (Å²) < 4.78 is 5.34. The average Bonchev–Trinajstić information content (AvgIpc) is 2.38. The number of nitro groups is 2. The van der Waals surface area contributed by atoms with Crippen LogP contribution in [-0.2, 0) is 0 Å². The topological polar surface area (TPSA) is 95.5 Å². The molecular weight excluding hydrogens is 288 g/mol. The number of benzene rings is 2. The van der Waals surface area contributed by atoms with Crippen molar-refractivity contribution in [2.75, 3.05) is 0 Å². The van der Waals surface area contributed by atoms with Crippen molar-refractivity contribution in [3.05, 3.63) is 67.7 Å². The summed E-state index contributed by atoms with van der Waals surface area (Å²) >= 11 is 5.78. The second-order valence-electron chi connectivity index (χ2n) is 3.73. The Hall–Kier alpha value is -2.67. The van der Waals surface area contributed by atoms with E-state index in [1.807, 2.05) is 0 Å². The molecule has 0 fully saturated rings. The monoisotopic (exact) mass is 294 g/mol. The molecule has 0 aromatic heterocycles. The third kappa shape index (κ3) is 3.01.